The van der Waals surface area contributed by atoms with Crippen LogP contribution in [0.25, 0.3) is 0 Å². The molecule has 0 spiro atoms. The molecule has 6 heteroatoms. The number of hydrazone groups is 1. The summed E-state index contributed by atoms with van der Waals surface area (Å²) in [6.45, 7) is 3.60. The van der Waals surface area contributed by atoms with Gasteiger partial charge in [0.05, 0.1) is 6.21 Å². The molecule has 2 N–H and O–H groups in total. The third kappa shape index (κ3) is 4.56. The standard InChI is InChI=1S/C12H12FN3O2/c1-2-7-14-11(17)12(18)16-15-8-9-3-5-10(13)6-4-9/h2-6,8H,1,7H2,(H,14,17)(H,16,18)/b15-8-. The summed E-state index contributed by atoms with van der Waals surface area (Å²) in [5.41, 5.74) is 2.65. The van der Waals surface area contributed by atoms with Crippen molar-refractivity contribution in [2.75, 3.05) is 6.54 Å². The van der Waals surface area contributed by atoms with Gasteiger partial charge >= 0.3 is 11.8 Å². The Balaban J connectivity index is 2.44. The lowest BCUT2D eigenvalue weighted by atomic mass is 10.2. The van der Waals surface area contributed by atoms with Crippen molar-refractivity contribution in [1.29, 1.82) is 0 Å². The third-order valence-corrected chi connectivity index (χ3v) is 1.86. The van der Waals surface area contributed by atoms with Crippen LogP contribution in [0.5, 0.6) is 0 Å². The fourth-order valence-corrected chi connectivity index (χ4v) is 1.01. The lowest BCUT2D eigenvalue weighted by Gasteiger charge is -1.99. The maximum atomic E-state index is 12.6. The second-order valence-electron chi connectivity index (χ2n) is 3.25. The van der Waals surface area contributed by atoms with Crippen molar-refractivity contribution in [2.24, 2.45) is 5.10 Å². The first kappa shape index (κ1) is 13.6. The molecule has 94 valence electrons. The molecule has 0 saturated carbocycles. The Kier molecular flexibility index (Phi) is 5.24. The van der Waals surface area contributed by atoms with E-state index in [9.17, 15) is 14.0 Å². The molecule has 0 aliphatic rings. The Hall–Kier alpha value is -2.50. The second kappa shape index (κ2) is 6.95. The minimum Gasteiger partial charge on any atom is -0.344 e. The number of carbonyl (C=O) groups is 2. The molecule has 0 fully saturated rings. The average molecular weight is 249 g/mol. The lowest BCUT2D eigenvalue weighted by molar-refractivity contribution is -0.139. The summed E-state index contributed by atoms with van der Waals surface area (Å²) in [4.78, 5) is 22.3. The van der Waals surface area contributed by atoms with E-state index < -0.39 is 11.8 Å². The Morgan fingerprint density at radius 1 is 1.28 bits per heavy atom. The Bertz CT molecular complexity index is 469. The van der Waals surface area contributed by atoms with E-state index in [1.165, 1.54) is 36.6 Å². The van der Waals surface area contributed by atoms with Crippen LogP contribution in [-0.4, -0.2) is 24.6 Å². The smallest absolute Gasteiger partial charge is 0.329 e. The summed E-state index contributed by atoms with van der Waals surface area (Å²) in [6, 6.07) is 5.51. The minimum absolute atomic E-state index is 0.202. The number of hydrogen-bond donors (Lipinski definition) is 2. The fraction of sp³-hybridized carbons (Fsp3) is 0.0833. The Morgan fingerprint density at radius 3 is 2.56 bits per heavy atom. The van der Waals surface area contributed by atoms with Crippen molar-refractivity contribution in [1.82, 2.24) is 10.7 Å². The van der Waals surface area contributed by atoms with Crippen molar-refractivity contribution in [3.63, 3.8) is 0 Å². The zero-order valence-corrected chi connectivity index (χ0v) is 9.52. The first-order valence-electron chi connectivity index (χ1n) is 5.11. The summed E-state index contributed by atoms with van der Waals surface area (Å²) in [5, 5.41) is 5.86. The van der Waals surface area contributed by atoms with E-state index in [-0.39, 0.29) is 12.4 Å². The van der Waals surface area contributed by atoms with Gasteiger partial charge in [-0.2, -0.15) is 5.10 Å². The molecule has 18 heavy (non-hydrogen) atoms. The zero-order valence-electron chi connectivity index (χ0n) is 9.52. The summed E-state index contributed by atoms with van der Waals surface area (Å²) < 4.78 is 12.6. The fourth-order valence-electron chi connectivity index (χ4n) is 1.01. The van der Waals surface area contributed by atoms with Crippen molar-refractivity contribution in [3.8, 4) is 0 Å². The van der Waals surface area contributed by atoms with E-state index in [1.54, 1.807) is 0 Å². The highest BCUT2D eigenvalue weighted by Crippen LogP contribution is 1.99. The van der Waals surface area contributed by atoms with Gasteiger partial charge in [-0.05, 0) is 17.7 Å². The van der Waals surface area contributed by atoms with Crippen LogP contribution >= 0.6 is 0 Å². The first-order valence-corrected chi connectivity index (χ1v) is 5.11. The predicted molar refractivity (Wildman–Crippen MR) is 65.3 cm³/mol. The summed E-state index contributed by atoms with van der Waals surface area (Å²) in [6.07, 6.45) is 2.76. The molecule has 2 amide bonds. The molecular formula is C12H12FN3O2. The van der Waals surface area contributed by atoms with Gasteiger partial charge in [-0.15, -0.1) is 6.58 Å². The van der Waals surface area contributed by atoms with Crippen molar-refractivity contribution in [3.05, 3.63) is 48.3 Å². The van der Waals surface area contributed by atoms with Gasteiger partial charge in [-0.1, -0.05) is 18.2 Å². The van der Waals surface area contributed by atoms with Crippen LogP contribution in [0.1, 0.15) is 5.56 Å². The molecule has 0 aliphatic carbocycles. The van der Waals surface area contributed by atoms with Gasteiger partial charge < -0.3 is 5.32 Å². The van der Waals surface area contributed by atoms with Crippen LogP contribution in [0.2, 0.25) is 0 Å². The SMILES string of the molecule is C=CCNC(=O)C(=O)N/N=C\c1ccc(F)cc1. The van der Waals surface area contributed by atoms with Crippen LogP contribution in [0.4, 0.5) is 4.39 Å². The number of carbonyl (C=O) groups excluding carboxylic acids is 2. The van der Waals surface area contributed by atoms with Crippen LogP contribution in [0.15, 0.2) is 42.0 Å². The van der Waals surface area contributed by atoms with Gasteiger partial charge in [0.15, 0.2) is 0 Å². The topological polar surface area (TPSA) is 70.6 Å². The molecule has 5 nitrogen and oxygen atoms in total. The molecule has 0 radical (unpaired) electrons. The second-order valence-corrected chi connectivity index (χ2v) is 3.25. The molecule has 0 aromatic heterocycles. The molecule has 1 aromatic rings. The average Bonchev–Trinajstić information content (AvgIpc) is 2.38. The van der Waals surface area contributed by atoms with Crippen molar-refractivity contribution in [2.45, 2.75) is 0 Å². The number of nitrogens with one attached hydrogen (secondary N) is 2. The number of benzene rings is 1. The van der Waals surface area contributed by atoms with E-state index >= 15 is 0 Å². The van der Waals surface area contributed by atoms with Gasteiger partial charge in [0.2, 0.25) is 0 Å². The molecule has 0 atom stereocenters. The third-order valence-electron chi connectivity index (χ3n) is 1.86. The summed E-state index contributed by atoms with van der Waals surface area (Å²) in [7, 11) is 0. The van der Waals surface area contributed by atoms with E-state index in [2.05, 4.69) is 17.0 Å². The van der Waals surface area contributed by atoms with Crippen LogP contribution in [-0.2, 0) is 9.59 Å². The summed E-state index contributed by atoms with van der Waals surface area (Å²) >= 11 is 0. The normalized spacial score (nSPS) is 10.1. The first-order chi connectivity index (χ1) is 8.63. The van der Waals surface area contributed by atoms with E-state index in [1.807, 2.05) is 5.43 Å². The molecule has 1 rings (SSSR count). The maximum Gasteiger partial charge on any atom is 0.329 e. The molecule has 0 aliphatic heterocycles. The van der Waals surface area contributed by atoms with Gasteiger partial charge in [-0.3, -0.25) is 9.59 Å². The molecule has 0 heterocycles. The molecule has 1 aromatic carbocycles. The van der Waals surface area contributed by atoms with E-state index in [0.717, 1.165) is 0 Å². The summed E-state index contributed by atoms with van der Waals surface area (Å²) in [5.74, 6) is -2.04. The van der Waals surface area contributed by atoms with Gasteiger partial charge in [-0.25, -0.2) is 9.82 Å². The van der Waals surface area contributed by atoms with Crippen LogP contribution in [0.3, 0.4) is 0 Å². The largest absolute Gasteiger partial charge is 0.344 e. The van der Waals surface area contributed by atoms with E-state index in [0.29, 0.717) is 5.56 Å². The van der Waals surface area contributed by atoms with Gasteiger partial charge in [0.25, 0.3) is 0 Å². The van der Waals surface area contributed by atoms with Crippen molar-refractivity contribution >= 4 is 18.0 Å². The molecule has 0 unspecified atom stereocenters. The minimum atomic E-state index is -0.879. The van der Waals surface area contributed by atoms with Gasteiger partial charge in [0.1, 0.15) is 5.82 Å². The number of hydrogen-bond acceptors (Lipinski definition) is 3. The highest BCUT2D eigenvalue weighted by Gasteiger charge is 2.10. The maximum absolute atomic E-state index is 12.6. The number of amides is 2. The Labute approximate surface area is 103 Å². The quantitative estimate of drug-likeness (QED) is 0.354. The van der Waals surface area contributed by atoms with Crippen LogP contribution in [0, 0.1) is 5.82 Å². The highest BCUT2D eigenvalue weighted by molar-refractivity contribution is 6.35. The zero-order chi connectivity index (χ0) is 13.4. The van der Waals surface area contributed by atoms with Gasteiger partial charge in [0, 0.05) is 6.54 Å². The molecule has 0 saturated heterocycles. The van der Waals surface area contributed by atoms with Crippen molar-refractivity contribution < 1.29 is 14.0 Å². The monoisotopic (exact) mass is 249 g/mol. The lowest BCUT2D eigenvalue weighted by Crippen LogP contribution is -2.37. The highest BCUT2D eigenvalue weighted by atomic mass is 19.1. The Morgan fingerprint density at radius 2 is 1.94 bits per heavy atom. The number of halogens is 1. The molecule has 0 bridgehead atoms. The number of rotatable bonds is 4. The predicted octanol–water partition coefficient (Wildman–Crippen LogP) is 0.578. The van der Waals surface area contributed by atoms with E-state index in [4.69, 9.17) is 0 Å². The number of nitrogens with zero attached hydrogens (tertiary/aromatic N) is 1. The van der Waals surface area contributed by atoms with Crippen LogP contribution < -0.4 is 10.7 Å². The molecular weight excluding hydrogens is 237 g/mol.